The minimum atomic E-state index is -1.76. The second kappa shape index (κ2) is 14.4. The van der Waals surface area contributed by atoms with Crippen molar-refractivity contribution >= 4 is 35.1 Å². The average Bonchev–Trinajstić information content (AvgIpc) is 3.53. The van der Waals surface area contributed by atoms with Crippen LogP contribution < -0.4 is 16.4 Å². The van der Waals surface area contributed by atoms with Crippen LogP contribution >= 0.6 is 23.2 Å². The summed E-state index contributed by atoms with van der Waals surface area (Å²) in [7, 11) is 0. The molecule has 10 nitrogen and oxygen atoms in total. The van der Waals surface area contributed by atoms with Gasteiger partial charge in [0.25, 0.3) is 0 Å². The summed E-state index contributed by atoms with van der Waals surface area (Å²) in [5, 5.41) is 30.7. The minimum absolute atomic E-state index is 0.0235. The Morgan fingerprint density at radius 3 is 2.60 bits per heavy atom. The maximum absolute atomic E-state index is 15.8. The highest BCUT2D eigenvalue weighted by Crippen LogP contribution is 2.53. The topological polar surface area (TPSA) is 147 Å². The first-order valence-corrected chi connectivity index (χ1v) is 15.8. The van der Waals surface area contributed by atoms with Crippen LogP contribution in [0.15, 0.2) is 48.7 Å². The van der Waals surface area contributed by atoms with Crippen molar-refractivity contribution in [2.75, 3.05) is 18.5 Å². The zero-order valence-electron chi connectivity index (χ0n) is 26.9. The number of hydrogen-bond donors (Lipinski definition) is 4. The van der Waals surface area contributed by atoms with Gasteiger partial charge in [-0.25, -0.2) is 13.6 Å². The van der Waals surface area contributed by atoms with E-state index in [0.29, 0.717) is 6.42 Å². The Bertz CT molecular complexity index is 1630. The van der Waals surface area contributed by atoms with E-state index in [1.165, 1.54) is 30.3 Å². The fraction of sp³-hybridized carbons (Fsp3) is 0.485. The largest absolute Gasteiger partial charge is 0.429 e. The van der Waals surface area contributed by atoms with Crippen LogP contribution in [-0.4, -0.2) is 58.1 Å². The summed E-state index contributed by atoms with van der Waals surface area (Å²) in [6, 6.07) is 11.3. The molecule has 2 aromatic carbocycles. The Morgan fingerprint density at radius 2 is 1.96 bits per heavy atom. The summed E-state index contributed by atoms with van der Waals surface area (Å²) < 4.78 is 44.7. The maximum atomic E-state index is 15.8. The molecule has 2 heterocycles. The molecule has 1 aromatic heterocycles. The van der Waals surface area contributed by atoms with Crippen molar-refractivity contribution in [3.8, 4) is 6.07 Å². The fourth-order valence-electron chi connectivity index (χ4n) is 5.96. The normalized spacial score (nSPS) is 22.1. The van der Waals surface area contributed by atoms with Gasteiger partial charge in [0.1, 0.15) is 17.0 Å². The van der Waals surface area contributed by atoms with Crippen LogP contribution in [-0.2, 0) is 21.4 Å². The lowest BCUT2D eigenvalue weighted by Crippen LogP contribution is -2.44. The first kappa shape index (κ1) is 36.5. The third-order valence-electron chi connectivity index (χ3n) is 7.99. The van der Waals surface area contributed by atoms with Crippen LogP contribution in [0, 0.1) is 28.4 Å². The summed E-state index contributed by atoms with van der Waals surface area (Å²) in [5.74, 6) is -2.66. The zero-order valence-corrected chi connectivity index (χ0v) is 28.4. The average molecular weight is 694 g/mol. The number of anilines is 1. The number of nitriles is 1. The SMILES string of the molecule is CC(C)(C)C[C@@H]1N[C@H](OC(=O)Nc2ccn(CC(C)(C)OC[C@H](O)CN)n2)[C@H](c2cccc(Cl)c2F)[C@@]1(C#N)c1ccc(Cl)cc1F. The van der Waals surface area contributed by atoms with Gasteiger partial charge in [-0.1, -0.05) is 62.2 Å². The molecular weight excluding hydrogens is 653 g/mol. The standard InChI is InChI=1S/C33H40Cl2F2N6O4/c1-31(2,3)14-25-33(17-39,22-10-9-19(34)13-24(22)36)27(21-7-6-8-23(35)28(21)37)29(40-25)47-30(45)41-26-11-12-43(42-26)18-32(4,5)46-16-20(44)15-38/h6-13,20,25,27,29,40,44H,14-16,18,38H2,1-5H3,(H,41,42,45)/t20-,25+,27+,29-,33+/m1/s1. The Balaban J connectivity index is 1.68. The summed E-state index contributed by atoms with van der Waals surface area (Å²) in [4.78, 5) is 13.4. The van der Waals surface area contributed by atoms with E-state index in [9.17, 15) is 15.2 Å². The Labute approximate surface area is 283 Å². The molecule has 1 aliphatic rings. The van der Waals surface area contributed by atoms with Gasteiger partial charge in [0.2, 0.25) is 0 Å². The lowest BCUT2D eigenvalue weighted by molar-refractivity contribution is -0.0667. The number of aliphatic hydroxyl groups excluding tert-OH is 1. The fourth-order valence-corrected chi connectivity index (χ4v) is 6.30. The van der Waals surface area contributed by atoms with Crippen LogP contribution in [0.25, 0.3) is 0 Å². The summed E-state index contributed by atoms with van der Waals surface area (Å²) >= 11 is 12.3. The van der Waals surface area contributed by atoms with Gasteiger partial charge in [-0.2, -0.15) is 10.4 Å². The third kappa shape index (κ3) is 8.41. The number of rotatable bonds is 11. The van der Waals surface area contributed by atoms with Crippen molar-refractivity contribution in [2.24, 2.45) is 11.1 Å². The molecule has 5 N–H and O–H groups in total. The van der Waals surface area contributed by atoms with E-state index in [2.05, 4.69) is 21.8 Å². The van der Waals surface area contributed by atoms with Crippen LogP contribution in [0.1, 0.15) is 58.1 Å². The van der Waals surface area contributed by atoms with E-state index in [1.54, 1.807) is 16.9 Å². The Hall–Kier alpha value is -3.31. The van der Waals surface area contributed by atoms with Gasteiger partial charge >= 0.3 is 6.09 Å². The van der Waals surface area contributed by atoms with Gasteiger partial charge in [-0.15, -0.1) is 0 Å². The summed E-state index contributed by atoms with van der Waals surface area (Å²) in [6.07, 6.45) is -1.09. The molecule has 5 atom stereocenters. The molecule has 0 unspecified atom stereocenters. The van der Waals surface area contributed by atoms with Crippen LogP contribution in [0.3, 0.4) is 0 Å². The molecule has 1 amide bonds. The van der Waals surface area contributed by atoms with E-state index < -0.39 is 53.0 Å². The van der Waals surface area contributed by atoms with Gasteiger partial charge in [-0.3, -0.25) is 15.3 Å². The Kier molecular flexibility index (Phi) is 11.2. The van der Waals surface area contributed by atoms with Crippen LogP contribution in [0.5, 0.6) is 0 Å². The van der Waals surface area contributed by atoms with E-state index in [0.717, 1.165) is 6.07 Å². The molecule has 0 saturated carbocycles. The number of nitrogens with one attached hydrogen (secondary N) is 2. The van der Waals surface area contributed by atoms with Crippen molar-refractivity contribution in [1.29, 1.82) is 5.26 Å². The van der Waals surface area contributed by atoms with Crippen molar-refractivity contribution in [3.63, 3.8) is 0 Å². The van der Waals surface area contributed by atoms with E-state index >= 15 is 8.78 Å². The number of nitrogens with two attached hydrogens (primary N) is 1. The molecular formula is C33H40Cl2F2N6O4. The molecule has 14 heteroatoms. The molecule has 3 aromatic rings. The molecule has 1 aliphatic heterocycles. The molecule has 1 fully saturated rings. The number of halogens is 4. The Morgan fingerprint density at radius 1 is 1.23 bits per heavy atom. The molecule has 47 heavy (non-hydrogen) atoms. The molecule has 0 spiro atoms. The molecule has 4 rings (SSSR count). The maximum Gasteiger partial charge on any atom is 0.414 e. The summed E-state index contributed by atoms with van der Waals surface area (Å²) in [5.41, 5.74) is 2.53. The number of benzene rings is 2. The number of hydrogen-bond acceptors (Lipinski definition) is 8. The van der Waals surface area contributed by atoms with Crippen molar-refractivity contribution < 1.29 is 28.2 Å². The lowest BCUT2D eigenvalue weighted by Gasteiger charge is -2.37. The highest BCUT2D eigenvalue weighted by Gasteiger charge is 2.61. The van der Waals surface area contributed by atoms with Gasteiger partial charge < -0.3 is 20.3 Å². The van der Waals surface area contributed by atoms with Gasteiger partial charge in [0.15, 0.2) is 12.0 Å². The molecule has 0 aliphatic carbocycles. The quantitative estimate of drug-likeness (QED) is 0.188. The number of aliphatic hydroxyl groups is 1. The molecule has 0 bridgehead atoms. The lowest BCUT2D eigenvalue weighted by atomic mass is 9.63. The van der Waals surface area contributed by atoms with Crippen LogP contribution in [0.2, 0.25) is 10.0 Å². The monoisotopic (exact) mass is 692 g/mol. The van der Waals surface area contributed by atoms with Gasteiger partial charge in [-0.05, 0) is 49.4 Å². The number of carbonyl (C=O) groups excluding carboxylic acids is 1. The third-order valence-corrected chi connectivity index (χ3v) is 8.52. The van der Waals surface area contributed by atoms with E-state index in [1.807, 2.05) is 34.6 Å². The van der Waals surface area contributed by atoms with Gasteiger partial charge in [0, 0.05) is 35.4 Å². The molecule has 254 valence electrons. The minimum Gasteiger partial charge on any atom is -0.429 e. The smallest absolute Gasteiger partial charge is 0.414 e. The number of carbonyl (C=O) groups is 1. The molecule has 0 radical (unpaired) electrons. The number of amides is 1. The highest BCUT2D eigenvalue weighted by molar-refractivity contribution is 6.31. The highest BCUT2D eigenvalue weighted by atomic mass is 35.5. The predicted octanol–water partition coefficient (Wildman–Crippen LogP) is 6.11. The van der Waals surface area contributed by atoms with Crippen molar-refractivity contribution in [2.45, 2.75) is 82.9 Å². The number of ether oxygens (including phenoxy) is 2. The predicted molar refractivity (Wildman–Crippen MR) is 175 cm³/mol. The summed E-state index contributed by atoms with van der Waals surface area (Å²) in [6.45, 7) is 9.89. The van der Waals surface area contributed by atoms with E-state index in [-0.39, 0.29) is 52.1 Å². The van der Waals surface area contributed by atoms with Crippen molar-refractivity contribution in [1.82, 2.24) is 15.1 Å². The van der Waals surface area contributed by atoms with E-state index in [4.69, 9.17) is 38.4 Å². The number of aromatic nitrogens is 2. The second-order valence-electron chi connectivity index (χ2n) is 13.5. The number of nitrogens with zero attached hydrogens (tertiary/aromatic N) is 3. The first-order chi connectivity index (χ1) is 22.0. The van der Waals surface area contributed by atoms with Crippen molar-refractivity contribution in [3.05, 3.63) is 81.5 Å². The van der Waals surface area contributed by atoms with Gasteiger partial charge in [0.05, 0.1) is 41.9 Å². The zero-order chi connectivity index (χ0) is 34.7. The first-order valence-electron chi connectivity index (χ1n) is 15.1. The molecule has 1 saturated heterocycles. The van der Waals surface area contributed by atoms with Crippen LogP contribution in [0.4, 0.5) is 19.4 Å². The second-order valence-corrected chi connectivity index (χ2v) is 14.4.